The Balaban J connectivity index is 1.90. The molecule has 1 heterocycles. The fourth-order valence-electron chi connectivity index (χ4n) is 2.74. The molecule has 6 heteroatoms. The first kappa shape index (κ1) is 19.0. The lowest BCUT2D eigenvalue weighted by molar-refractivity contribution is 0.0986. The Bertz CT molecular complexity index is 906. The van der Waals surface area contributed by atoms with Gasteiger partial charge in [0.05, 0.1) is 7.11 Å². The number of aryl methyl sites for hydroxylation is 1. The Labute approximate surface area is 163 Å². The molecule has 0 fully saturated rings. The molecular weight excluding hydrogens is 358 g/mol. The summed E-state index contributed by atoms with van der Waals surface area (Å²) in [6, 6.07) is 15.2. The SMILES string of the molecule is CCCCN(C(=O)c1ccc(OC)cc1)c1nnc(-c2ccccc2C)s1. The number of hydrogen-bond acceptors (Lipinski definition) is 5. The zero-order chi connectivity index (χ0) is 19.2. The van der Waals surface area contributed by atoms with Crippen molar-refractivity contribution >= 4 is 22.4 Å². The fraction of sp³-hybridized carbons (Fsp3) is 0.286. The quantitative estimate of drug-likeness (QED) is 0.580. The van der Waals surface area contributed by atoms with Crippen molar-refractivity contribution < 1.29 is 9.53 Å². The Morgan fingerprint density at radius 1 is 1.11 bits per heavy atom. The number of amides is 1. The number of methoxy groups -OCH3 is 1. The lowest BCUT2D eigenvalue weighted by Crippen LogP contribution is -2.31. The summed E-state index contributed by atoms with van der Waals surface area (Å²) in [6.07, 6.45) is 1.90. The van der Waals surface area contributed by atoms with Gasteiger partial charge in [0, 0.05) is 17.7 Å². The maximum absolute atomic E-state index is 13.1. The molecule has 0 aliphatic heterocycles. The number of benzene rings is 2. The molecule has 0 bridgehead atoms. The molecule has 0 aliphatic carbocycles. The minimum absolute atomic E-state index is 0.0708. The number of rotatable bonds is 7. The van der Waals surface area contributed by atoms with Crippen LogP contribution in [0.2, 0.25) is 0 Å². The molecule has 1 aromatic heterocycles. The van der Waals surface area contributed by atoms with Crippen LogP contribution in [0.4, 0.5) is 5.13 Å². The average Bonchev–Trinajstić information content (AvgIpc) is 3.18. The van der Waals surface area contributed by atoms with Crippen molar-refractivity contribution in [1.82, 2.24) is 10.2 Å². The summed E-state index contributed by atoms with van der Waals surface area (Å²) in [6.45, 7) is 4.77. The first-order valence-corrected chi connectivity index (χ1v) is 9.81. The second-order valence-corrected chi connectivity index (χ2v) is 7.20. The van der Waals surface area contributed by atoms with Crippen LogP contribution in [0.15, 0.2) is 48.5 Å². The van der Waals surface area contributed by atoms with Gasteiger partial charge in [-0.25, -0.2) is 0 Å². The van der Waals surface area contributed by atoms with E-state index in [0.717, 1.165) is 34.7 Å². The van der Waals surface area contributed by atoms with Crippen molar-refractivity contribution in [2.24, 2.45) is 0 Å². The largest absolute Gasteiger partial charge is 0.497 e. The summed E-state index contributed by atoms with van der Waals surface area (Å²) >= 11 is 1.45. The molecule has 0 unspecified atom stereocenters. The van der Waals surface area contributed by atoms with Crippen LogP contribution in [0, 0.1) is 6.92 Å². The van der Waals surface area contributed by atoms with E-state index in [2.05, 4.69) is 17.1 Å². The molecule has 5 nitrogen and oxygen atoms in total. The maximum atomic E-state index is 13.1. The summed E-state index contributed by atoms with van der Waals surface area (Å²) in [4.78, 5) is 14.8. The van der Waals surface area contributed by atoms with Gasteiger partial charge in [0.2, 0.25) is 5.13 Å². The van der Waals surface area contributed by atoms with Crippen LogP contribution >= 0.6 is 11.3 Å². The zero-order valence-electron chi connectivity index (χ0n) is 15.8. The molecule has 0 atom stereocenters. The van der Waals surface area contributed by atoms with E-state index in [-0.39, 0.29) is 5.91 Å². The molecule has 3 aromatic rings. The summed E-state index contributed by atoms with van der Waals surface area (Å²) in [5.74, 6) is 0.656. The Morgan fingerprint density at radius 2 is 1.85 bits per heavy atom. The monoisotopic (exact) mass is 381 g/mol. The van der Waals surface area contributed by atoms with E-state index < -0.39 is 0 Å². The summed E-state index contributed by atoms with van der Waals surface area (Å²) < 4.78 is 5.18. The Kier molecular flexibility index (Phi) is 6.19. The number of unbranched alkanes of at least 4 members (excludes halogenated alkanes) is 1. The Hall–Kier alpha value is -2.73. The number of hydrogen-bond donors (Lipinski definition) is 0. The van der Waals surface area contributed by atoms with Crippen molar-refractivity contribution in [3.63, 3.8) is 0 Å². The number of carbonyl (C=O) groups excluding carboxylic acids is 1. The molecule has 0 N–H and O–H groups in total. The number of anilines is 1. The van der Waals surface area contributed by atoms with Crippen molar-refractivity contribution in [2.75, 3.05) is 18.6 Å². The van der Waals surface area contributed by atoms with E-state index in [4.69, 9.17) is 4.74 Å². The van der Waals surface area contributed by atoms with Crippen LogP contribution in [0.3, 0.4) is 0 Å². The van der Waals surface area contributed by atoms with Crippen LogP contribution in [-0.4, -0.2) is 29.8 Å². The van der Waals surface area contributed by atoms with Crippen molar-refractivity contribution in [1.29, 1.82) is 0 Å². The van der Waals surface area contributed by atoms with Crippen LogP contribution in [-0.2, 0) is 0 Å². The molecule has 0 radical (unpaired) electrons. The first-order valence-electron chi connectivity index (χ1n) is 8.99. The third kappa shape index (κ3) is 4.34. The third-order valence-electron chi connectivity index (χ3n) is 4.34. The summed E-state index contributed by atoms with van der Waals surface area (Å²) in [5.41, 5.74) is 2.80. The molecule has 3 rings (SSSR count). The number of aromatic nitrogens is 2. The van der Waals surface area contributed by atoms with Gasteiger partial charge < -0.3 is 4.74 Å². The third-order valence-corrected chi connectivity index (χ3v) is 5.32. The molecule has 140 valence electrons. The number of nitrogens with zero attached hydrogens (tertiary/aromatic N) is 3. The average molecular weight is 382 g/mol. The van der Waals surface area contributed by atoms with E-state index in [1.807, 2.05) is 31.2 Å². The van der Waals surface area contributed by atoms with Crippen molar-refractivity contribution in [3.05, 3.63) is 59.7 Å². The minimum atomic E-state index is -0.0708. The summed E-state index contributed by atoms with van der Waals surface area (Å²) in [7, 11) is 1.61. The second kappa shape index (κ2) is 8.77. The minimum Gasteiger partial charge on any atom is -0.497 e. The highest BCUT2D eigenvalue weighted by Gasteiger charge is 2.22. The fourth-order valence-corrected chi connectivity index (χ4v) is 3.70. The highest BCUT2D eigenvalue weighted by molar-refractivity contribution is 7.18. The highest BCUT2D eigenvalue weighted by Crippen LogP contribution is 2.31. The van der Waals surface area contributed by atoms with Gasteiger partial charge in [-0.3, -0.25) is 9.69 Å². The van der Waals surface area contributed by atoms with Gasteiger partial charge in [-0.05, 0) is 43.2 Å². The Morgan fingerprint density at radius 3 is 2.52 bits per heavy atom. The lowest BCUT2D eigenvalue weighted by Gasteiger charge is -2.19. The second-order valence-electron chi connectivity index (χ2n) is 6.24. The molecular formula is C21H23N3O2S. The van der Waals surface area contributed by atoms with Gasteiger partial charge in [0.15, 0.2) is 0 Å². The normalized spacial score (nSPS) is 10.6. The smallest absolute Gasteiger partial charge is 0.260 e. The van der Waals surface area contributed by atoms with Gasteiger partial charge in [0.25, 0.3) is 5.91 Å². The molecule has 0 spiro atoms. The highest BCUT2D eigenvalue weighted by atomic mass is 32.1. The lowest BCUT2D eigenvalue weighted by atomic mass is 10.1. The van der Waals surface area contributed by atoms with Gasteiger partial charge in [0.1, 0.15) is 10.8 Å². The molecule has 0 aliphatic rings. The van der Waals surface area contributed by atoms with Gasteiger partial charge in [-0.1, -0.05) is 48.9 Å². The molecule has 0 saturated carbocycles. The van der Waals surface area contributed by atoms with Crippen molar-refractivity contribution in [2.45, 2.75) is 26.7 Å². The van der Waals surface area contributed by atoms with Gasteiger partial charge >= 0.3 is 0 Å². The maximum Gasteiger partial charge on any atom is 0.260 e. The number of ether oxygens (including phenoxy) is 1. The predicted octanol–water partition coefficient (Wildman–Crippen LogP) is 4.97. The van der Waals surface area contributed by atoms with Crippen molar-refractivity contribution in [3.8, 4) is 16.3 Å². The van der Waals surface area contributed by atoms with Gasteiger partial charge in [-0.15, -0.1) is 10.2 Å². The standard InChI is InChI=1S/C21H23N3O2S/c1-4-5-14-24(20(25)16-10-12-17(26-3)13-11-16)21-23-22-19(27-21)18-9-7-6-8-15(18)2/h6-13H,4-5,14H2,1-3H3. The van der Waals surface area contributed by atoms with E-state index in [1.54, 1.807) is 36.3 Å². The number of carbonyl (C=O) groups is 1. The molecule has 27 heavy (non-hydrogen) atoms. The van der Waals surface area contributed by atoms with E-state index >= 15 is 0 Å². The predicted molar refractivity (Wildman–Crippen MR) is 110 cm³/mol. The van der Waals surface area contributed by atoms with Gasteiger partial charge in [-0.2, -0.15) is 0 Å². The molecule has 1 amide bonds. The first-order chi connectivity index (χ1) is 13.1. The van der Waals surface area contributed by atoms with E-state index in [0.29, 0.717) is 17.2 Å². The van der Waals surface area contributed by atoms with E-state index in [1.165, 1.54) is 11.3 Å². The molecule has 0 saturated heterocycles. The van der Waals surface area contributed by atoms with E-state index in [9.17, 15) is 4.79 Å². The van der Waals surface area contributed by atoms with Crippen LogP contribution in [0.5, 0.6) is 5.75 Å². The topological polar surface area (TPSA) is 55.3 Å². The van der Waals surface area contributed by atoms with Crippen LogP contribution in [0.25, 0.3) is 10.6 Å². The zero-order valence-corrected chi connectivity index (χ0v) is 16.6. The molecule has 2 aromatic carbocycles. The summed E-state index contributed by atoms with van der Waals surface area (Å²) in [5, 5.41) is 10.1. The van der Waals surface area contributed by atoms with Crippen LogP contribution in [0.1, 0.15) is 35.7 Å². The van der Waals surface area contributed by atoms with Crippen LogP contribution < -0.4 is 9.64 Å².